The van der Waals surface area contributed by atoms with E-state index in [0.717, 1.165) is 10.2 Å². The highest BCUT2D eigenvalue weighted by atomic mass is 79.9. The quantitative estimate of drug-likeness (QED) is 0.698. The predicted octanol–water partition coefficient (Wildman–Crippen LogP) is 2.39. The molecule has 0 bridgehead atoms. The first-order valence-corrected chi connectivity index (χ1v) is 8.92. The van der Waals surface area contributed by atoms with Gasteiger partial charge >= 0.3 is 0 Å². The van der Waals surface area contributed by atoms with E-state index in [9.17, 15) is 8.42 Å². The van der Waals surface area contributed by atoms with Gasteiger partial charge in [0, 0.05) is 11.4 Å². The van der Waals surface area contributed by atoms with Crippen LogP contribution in [0.25, 0.3) is 0 Å². The number of nitrogen functional groups attached to an aromatic ring is 1. The van der Waals surface area contributed by atoms with E-state index in [-0.39, 0.29) is 4.90 Å². The molecule has 20 heavy (non-hydrogen) atoms. The Kier molecular flexibility index (Phi) is 4.69. The van der Waals surface area contributed by atoms with Crippen molar-refractivity contribution >= 4 is 48.7 Å². The Hall–Kier alpha value is -1.09. The standard InChI is InChI=1S/C12H14BrN3O2S2/c13-12-4-1-8(19-12)5-6-16-11-7-9(20(15,17)18)2-3-10(11)14/h1-4,7,16H,5-6,14H2,(H2,15,17,18). The van der Waals surface area contributed by atoms with Gasteiger partial charge in [-0.1, -0.05) is 0 Å². The van der Waals surface area contributed by atoms with Gasteiger partial charge in [0.05, 0.1) is 20.1 Å². The van der Waals surface area contributed by atoms with E-state index in [1.165, 1.54) is 23.1 Å². The topological polar surface area (TPSA) is 98.2 Å². The Morgan fingerprint density at radius 3 is 2.60 bits per heavy atom. The van der Waals surface area contributed by atoms with Crippen LogP contribution in [0.15, 0.2) is 39.0 Å². The van der Waals surface area contributed by atoms with Crippen molar-refractivity contribution in [1.82, 2.24) is 0 Å². The van der Waals surface area contributed by atoms with Crippen LogP contribution in [-0.4, -0.2) is 15.0 Å². The van der Waals surface area contributed by atoms with Crippen molar-refractivity contribution in [1.29, 1.82) is 0 Å². The lowest BCUT2D eigenvalue weighted by atomic mass is 10.2. The maximum Gasteiger partial charge on any atom is 0.238 e. The molecule has 1 aromatic carbocycles. The molecule has 0 spiro atoms. The molecule has 1 aromatic heterocycles. The summed E-state index contributed by atoms with van der Waals surface area (Å²) in [7, 11) is -3.72. The summed E-state index contributed by atoms with van der Waals surface area (Å²) in [5, 5.41) is 8.23. The number of benzene rings is 1. The van der Waals surface area contributed by atoms with Crippen molar-refractivity contribution in [3.05, 3.63) is 39.0 Å². The summed E-state index contributed by atoms with van der Waals surface area (Å²) in [6, 6.07) is 8.42. The monoisotopic (exact) mass is 375 g/mol. The van der Waals surface area contributed by atoms with Gasteiger partial charge in [0.2, 0.25) is 10.0 Å². The number of halogens is 1. The van der Waals surface area contributed by atoms with Gasteiger partial charge in [-0.3, -0.25) is 0 Å². The second-order valence-corrected chi connectivity index (χ2v) is 8.29. The van der Waals surface area contributed by atoms with Crippen molar-refractivity contribution in [3.63, 3.8) is 0 Å². The van der Waals surface area contributed by atoms with E-state index in [4.69, 9.17) is 10.9 Å². The highest BCUT2D eigenvalue weighted by molar-refractivity contribution is 9.11. The molecule has 0 fully saturated rings. The molecule has 0 aliphatic carbocycles. The molecule has 0 unspecified atom stereocenters. The summed E-state index contributed by atoms with van der Waals surface area (Å²) in [5.74, 6) is 0. The first kappa shape index (κ1) is 15.3. The zero-order chi connectivity index (χ0) is 14.8. The fourth-order valence-electron chi connectivity index (χ4n) is 1.67. The number of nitrogens with one attached hydrogen (secondary N) is 1. The molecule has 0 saturated heterocycles. The summed E-state index contributed by atoms with van der Waals surface area (Å²) < 4.78 is 23.7. The Morgan fingerprint density at radius 2 is 2.00 bits per heavy atom. The van der Waals surface area contributed by atoms with Gasteiger partial charge in [0.15, 0.2) is 0 Å². The molecular weight excluding hydrogens is 362 g/mol. The molecule has 5 nitrogen and oxygen atoms in total. The van der Waals surface area contributed by atoms with Crippen molar-refractivity contribution in [2.24, 2.45) is 5.14 Å². The lowest BCUT2D eigenvalue weighted by Crippen LogP contribution is -2.13. The number of nitrogens with two attached hydrogens (primary N) is 2. The van der Waals surface area contributed by atoms with Gasteiger partial charge in [0.1, 0.15) is 0 Å². The van der Waals surface area contributed by atoms with Crippen LogP contribution in [0, 0.1) is 0 Å². The Bertz CT molecular complexity index is 713. The van der Waals surface area contributed by atoms with Crippen LogP contribution >= 0.6 is 27.3 Å². The van der Waals surface area contributed by atoms with Gasteiger partial charge in [0.25, 0.3) is 0 Å². The zero-order valence-corrected chi connectivity index (χ0v) is 13.7. The molecule has 0 aliphatic heterocycles. The maximum absolute atomic E-state index is 11.3. The van der Waals surface area contributed by atoms with Gasteiger partial charge in [-0.2, -0.15) is 0 Å². The minimum Gasteiger partial charge on any atom is -0.397 e. The summed E-state index contributed by atoms with van der Waals surface area (Å²) in [6.07, 6.45) is 0.829. The zero-order valence-electron chi connectivity index (χ0n) is 10.5. The SMILES string of the molecule is Nc1ccc(S(N)(=O)=O)cc1NCCc1ccc(Br)s1. The van der Waals surface area contributed by atoms with Gasteiger partial charge in [-0.05, 0) is 52.7 Å². The predicted molar refractivity (Wildman–Crippen MR) is 86.4 cm³/mol. The Balaban J connectivity index is 2.05. The van der Waals surface area contributed by atoms with Crippen LogP contribution in [0.2, 0.25) is 0 Å². The fourth-order valence-corrected chi connectivity index (χ4v) is 3.69. The average Bonchev–Trinajstić information content (AvgIpc) is 2.76. The lowest BCUT2D eigenvalue weighted by Gasteiger charge is -2.10. The Morgan fingerprint density at radius 1 is 1.25 bits per heavy atom. The number of anilines is 2. The number of hydrogen-bond acceptors (Lipinski definition) is 5. The molecule has 0 radical (unpaired) electrons. The minimum atomic E-state index is -3.72. The first-order valence-electron chi connectivity index (χ1n) is 5.76. The van der Waals surface area contributed by atoms with Crippen LogP contribution in [0.1, 0.15) is 4.88 Å². The molecule has 0 aliphatic rings. The van der Waals surface area contributed by atoms with Crippen molar-refractivity contribution in [2.45, 2.75) is 11.3 Å². The van der Waals surface area contributed by atoms with E-state index >= 15 is 0 Å². The summed E-state index contributed by atoms with van der Waals surface area (Å²) in [4.78, 5) is 1.28. The van der Waals surface area contributed by atoms with Gasteiger partial charge in [-0.15, -0.1) is 11.3 Å². The lowest BCUT2D eigenvalue weighted by molar-refractivity contribution is 0.598. The third-order valence-corrected chi connectivity index (χ3v) is 5.26. The number of hydrogen-bond donors (Lipinski definition) is 3. The minimum absolute atomic E-state index is 0.0491. The summed E-state index contributed by atoms with van der Waals surface area (Å²) >= 11 is 5.07. The number of primary sulfonamides is 1. The van der Waals surface area contributed by atoms with Crippen molar-refractivity contribution in [2.75, 3.05) is 17.6 Å². The van der Waals surface area contributed by atoms with E-state index < -0.39 is 10.0 Å². The molecule has 2 aromatic rings. The molecule has 0 amide bonds. The molecule has 1 heterocycles. The highest BCUT2D eigenvalue weighted by Gasteiger charge is 2.10. The maximum atomic E-state index is 11.3. The van der Waals surface area contributed by atoms with Crippen LogP contribution in [0.3, 0.4) is 0 Å². The third-order valence-electron chi connectivity index (χ3n) is 2.67. The molecule has 2 rings (SSSR count). The van der Waals surface area contributed by atoms with Crippen molar-refractivity contribution in [3.8, 4) is 0 Å². The Labute approximate surface area is 130 Å². The number of sulfonamides is 1. The largest absolute Gasteiger partial charge is 0.397 e. The molecule has 8 heteroatoms. The van der Waals surface area contributed by atoms with E-state index in [1.54, 1.807) is 11.3 Å². The number of rotatable bonds is 5. The van der Waals surface area contributed by atoms with E-state index in [2.05, 4.69) is 21.2 Å². The van der Waals surface area contributed by atoms with Crippen LogP contribution in [0.5, 0.6) is 0 Å². The molecule has 0 saturated carbocycles. The van der Waals surface area contributed by atoms with Gasteiger partial charge in [-0.25, -0.2) is 13.6 Å². The molecular formula is C12H14BrN3O2S2. The smallest absolute Gasteiger partial charge is 0.238 e. The van der Waals surface area contributed by atoms with Crippen LogP contribution in [0.4, 0.5) is 11.4 Å². The third kappa shape index (κ3) is 3.95. The normalized spacial score (nSPS) is 11.5. The van der Waals surface area contributed by atoms with E-state index in [0.29, 0.717) is 17.9 Å². The van der Waals surface area contributed by atoms with Gasteiger partial charge < -0.3 is 11.1 Å². The van der Waals surface area contributed by atoms with Crippen LogP contribution < -0.4 is 16.2 Å². The fraction of sp³-hybridized carbons (Fsp3) is 0.167. The van der Waals surface area contributed by atoms with Crippen LogP contribution in [-0.2, 0) is 16.4 Å². The molecule has 0 atom stereocenters. The van der Waals surface area contributed by atoms with Crippen molar-refractivity contribution < 1.29 is 8.42 Å². The van der Waals surface area contributed by atoms with E-state index in [1.807, 2.05) is 12.1 Å². The average molecular weight is 376 g/mol. The summed E-state index contributed by atoms with van der Waals surface area (Å²) in [6.45, 7) is 0.658. The molecule has 5 N–H and O–H groups in total. The highest BCUT2D eigenvalue weighted by Crippen LogP contribution is 2.24. The second-order valence-electron chi connectivity index (χ2n) is 4.18. The number of thiophene rings is 1. The molecule has 108 valence electrons. The summed E-state index contributed by atoms with van der Waals surface area (Å²) in [5.41, 5.74) is 6.88. The first-order chi connectivity index (χ1) is 9.36. The second kappa shape index (κ2) is 6.13.